The molecule has 0 spiro atoms. The van der Waals surface area contributed by atoms with E-state index in [2.05, 4.69) is 13.8 Å². The van der Waals surface area contributed by atoms with Crippen molar-refractivity contribution in [1.82, 2.24) is 4.57 Å². The molecule has 1 N–H and O–H groups in total. The summed E-state index contributed by atoms with van der Waals surface area (Å²) in [6.07, 6.45) is 1.18. The lowest BCUT2D eigenvalue weighted by molar-refractivity contribution is 0.0965. The maximum atomic E-state index is 11.5. The highest BCUT2D eigenvalue weighted by molar-refractivity contribution is 5.27. The molecule has 15 heavy (non-hydrogen) atoms. The van der Waals surface area contributed by atoms with Crippen LogP contribution in [0.1, 0.15) is 37.6 Å². The van der Waals surface area contributed by atoms with Crippen LogP contribution in [0.3, 0.4) is 0 Å². The molecule has 0 saturated carbocycles. The second kappa shape index (κ2) is 3.20. The van der Waals surface area contributed by atoms with Crippen molar-refractivity contribution in [3.63, 3.8) is 0 Å². The molecule has 1 heterocycles. The van der Waals surface area contributed by atoms with E-state index in [0.29, 0.717) is 0 Å². The maximum Gasteiger partial charge on any atom is 0.250 e. The largest absolute Gasteiger partial charge is 0.388 e. The fraction of sp³-hybridized carbons (Fsp3) is 0.583. The van der Waals surface area contributed by atoms with Crippen LogP contribution < -0.4 is 5.56 Å². The van der Waals surface area contributed by atoms with E-state index < -0.39 is 6.10 Å². The van der Waals surface area contributed by atoms with Gasteiger partial charge in [0.05, 0.1) is 6.10 Å². The molecule has 1 atom stereocenters. The van der Waals surface area contributed by atoms with Gasteiger partial charge >= 0.3 is 0 Å². The number of rotatable bonds is 0. The first-order valence-corrected chi connectivity index (χ1v) is 5.28. The molecule has 1 aromatic heterocycles. The van der Waals surface area contributed by atoms with Gasteiger partial charge in [0.25, 0.3) is 0 Å². The van der Waals surface area contributed by atoms with Gasteiger partial charge in [-0.1, -0.05) is 13.8 Å². The second-order valence-corrected chi connectivity index (χ2v) is 5.19. The van der Waals surface area contributed by atoms with E-state index in [1.165, 1.54) is 6.07 Å². The van der Waals surface area contributed by atoms with Gasteiger partial charge in [0.15, 0.2) is 0 Å². The third-order valence-electron chi connectivity index (χ3n) is 3.23. The topological polar surface area (TPSA) is 42.2 Å². The van der Waals surface area contributed by atoms with E-state index in [-0.39, 0.29) is 11.0 Å². The third kappa shape index (κ3) is 1.72. The molecule has 1 aliphatic carbocycles. The summed E-state index contributed by atoms with van der Waals surface area (Å²) in [4.78, 5) is 11.5. The molecule has 0 radical (unpaired) electrons. The molecule has 0 unspecified atom stereocenters. The normalized spacial score (nSPS) is 23.6. The predicted molar refractivity (Wildman–Crippen MR) is 58.7 cm³/mol. The van der Waals surface area contributed by atoms with E-state index in [0.717, 1.165) is 24.1 Å². The fourth-order valence-electron chi connectivity index (χ4n) is 2.38. The fourth-order valence-corrected chi connectivity index (χ4v) is 2.38. The molecule has 82 valence electrons. The van der Waals surface area contributed by atoms with Crippen LogP contribution in [0.5, 0.6) is 0 Å². The highest BCUT2D eigenvalue weighted by atomic mass is 16.3. The average molecular weight is 207 g/mol. The SMILES string of the molecule is Cn1c2c(ccc1=O)[C@H](O)CC(C)(C)C2. The zero-order valence-corrected chi connectivity index (χ0v) is 9.45. The van der Waals surface area contributed by atoms with Crippen molar-refractivity contribution in [1.29, 1.82) is 0 Å². The Balaban J connectivity index is 2.61. The van der Waals surface area contributed by atoms with Gasteiger partial charge in [-0.15, -0.1) is 0 Å². The van der Waals surface area contributed by atoms with E-state index >= 15 is 0 Å². The minimum Gasteiger partial charge on any atom is -0.388 e. The summed E-state index contributed by atoms with van der Waals surface area (Å²) in [6, 6.07) is 3.29. The molecule has 3 heteroatoms. The molecular weight excluding hydrogens is 190 g/mol. The Labute approximate surface area is 89.4 Å². The molecular formula is C12H17NO2. The van der Waals surface area contributed by atoms with E-state index in [1.54, 1.807) is 17.7 Å². The number of fused-ring (bicyclic) bond motifs is 1. The van der Waals surface area contributed by atoms with Crippen LogP contribution >= 0.6 is 0 Å². The van der Waals surface area contributed by atoms with Crippen molar-refractivity contribution in [2.45, 2.75) is 32.8 Å². The quantitative estimate of drug-likeness (QED) is 0.698. The number of nitrogens with zero attached hydrogens (tertiary/aromatic N) is 1. The highest BCUT2D eigenvalue weighted by Crippen LogP contribution is 2.39. The van der Waals surface area contributed by atoms with Gasteiger partial charge in [0.1, 0.15) is 0 Å². The number of hydrogen-bond donors (Lipinski definition) is 1. The van der Waals surface area contributed by atoms with E-state index in [1.807, 2.05) is 0 Å². The third-order valence-corrected chi connectivity index (χ3v) is 3.23. The molecule has 0 bridgehead atoms. The van der Waals surface area contributed by atoms with Crippen LogP contribution in [0.15, 0.2) is 16.9 Å². The minimum absolute atomic E-state index is 0.00125. The predicted octanol–water partition coefficient (Wildman–Crippen LogP) is 1.39. The first kappa shape index (κ1) is 10.4. The second-order valence-electron chi connectivity index (χ2n) is 5.19. The summed E-state index contributed by atoms with van der Waals surface area (Å²) in [5, 5.41) is 10.00. The zero-order chi connectivity index (χ0) is 11.2. The minimum atomic E-state index is -0.435. The lowest BCUT2D eigenvalue weighted by Crippen LogP contribution is -2.32. The lowest BCUT2D eigenvalue weighted by atomic mass is 9.75. The van der Waals surface area contributed by atoms with Gasteiger partial charge < -0.3 is 9.67 Å². The van der Waals surface area contributed by atoms with Crippen molar-refractivity contribution in [2.24, 2.45) is 12.5 Å². The number of pyridine rings is 1. The standard InChI is InChI=1S/C12H17NO2/c1-12(2)6-9-8(10(14)7-12)4-5-11(15)13(9)3/h4-5,10,14H,6-7H2,1-3H3/t10-/m1/s1. The highest BCUT2D eigenvalue weighted by Gasteiger charge is 2.32. The maximum absolute atomic E-state index is 11.5. The van der Waals surface area contributed by atoms with Crippen molar-refractivity contribution in [2.75, 3.05) is 0 Å². The molecule has 0 fully saturated rings. The first-order valence-electron chi connectivity index (χ1n) is 5.28. The van der Waals surface area contributed by atoms with Crippen molar-refractivity contribution < 1.29 is 5.11 Å². The molecule has 1 aromatic rings. The number of aliphatic hydroxyl groups excluding tert-OH is 1. The summed E-state index contributed by atoms with van der Waals surface area (Å²) >= 11 is 0. The van der Waals surface area contributed by atoms with E-state index in [9.17, 15) is 9.90 Å². The lowest BCUT2D eigenvalue weighted by Gasteiger charge is -2.35. The summed E-state index contributed by atoms with van der Waals surface area (Å²) in [6.45, 7) is 4.24. The van der Waals surface area contributed by atoms with Gasteiger partial charge in [0, 0.05) is 24.4 Å². The molecule has 0 aliphatic heterocycles. The Hall–Kier alpha value is -1.09. The molecule has 0 amide bonds. The van der Waals surface area contributed by atoms with Crippen molar-refractivity contribution in [3.05, 3.63) is 33.7 Å². The summed E-state index contributed by atoms with van der Waals surface area (Å²) < 4.78 is 1.65. The Morgan fingerprint density at radius 3 is 2.80 bits per heavy atom. The van der Waals surface area contributed by atoms with Crippen LogP contribution in [0, 0.1) is 5.41 Å². The van der Waals surface area contributed by atoms with Crippen LogP contribution in [0.4, 0.5) is 0 Å². The molecule has 2 rings (SSSR count). The smallest absolute Gasteiger partial charge is 0.250 e. The monoisotopic (exact) mass is 207 g/mol. The van der Waals surface area contributed by atoms with Crippen LogP contribution in [-0.4, -0.2) is 9.67 Å². The number of aromatic nitrogens is 1. The summed E-state index contributed by atoms with van der Waals surface area (Å²) in [5.74, 6) is 0. The van der Waals surface area contributed by atoms with Crippen molar-refractivity contribution >= 4 is 0 Å². The van der Waals surface area contributed by atoms with Gasteiger partial charge in [0.2, 0.25) is 5.56 Å². The number of hydrogen-bond acceptors (Lipinski definition) is 2. The van der Waals surface area contributed by atoms with Crippen LogP contribution in [-0.2, 0) is 13.5 Å². The summed E-state index contributed by atoms with van der Waals surface area (Å²) in [5.41, 5.74) is 1.96. The average Bonchev–Trinajstić information content (AvgIpc) is 2.10. The van der Waals surface area contributed by atoms with Crippen LogP contribution in [0.25, 0.3) is 0 Å². The molecule has 1 aliphatic rings. The molecule has 0 aromatic carbocycles. The zero-order valence-electron chi connectivity index (χ0n) is 9.45. The van der Waals surface area contributed by atoms with Gasteiger partial charge in [-0.25, -0.2) is 0 Å². The van der Waals surface area contributed by atoms with E-state index in [4.69, 9.17) is 0 Å². The van der Waals surface area contributed by atoms with Gasteiger partial charge in [-0.05, 0) is 24.3 Å². The number of aliphatic hydroxyl groups is 1. The van der Waals surface area contributed by atoms with Gasteiger partial charge in [-0.2, -0.15) is 0 Å². The first-order chi connectivity index (χ1) is 6.91. The van der Waals surface area contributed by atoms with Crippen molar-refractivity contribution in [3.8, 4) is 0 Å². The summed E-state index contributed by atoms with van der Waals surface area (Å²) in [7, 11) is 1.77. The Morgan fingerprint density at radius 2 is 2.13 bits per heavy atom. The Kier molecular flexibility index (Phi) is 2.23. The van der Waals surface area contributed by atoms with Crippen LogP contribution in [0.2, 0.25) is 0 Å². The Morgan fingerprint density at radius 1 is 1.47 bits per heavy atom. The molecule has 0 saturated heterocycles. The van der Waals surface area contributed by atoms with Gasteiger partial charge in [-0.3, -0.25) is 4.79 Å². The Bertz CT molecular complexity index is 445. The molecule has 3 nitrogen and oxygen atoms in total.